The van der Waals surface area contributed by atoms with Crippen molar-refractivity contribution in [2.75, 3.05) is 18.1 Å². The molecule has 1 aromatic rings. The number of hydrogen-bond donors (Lipinski definition) is 1. The van der Waals surface area contributed by atoms with Crippen molar-refractivity contribution in [2.45, 2.75) is 6.54 Å². The second kappa shape index (κ2) is 9.45. The molecule has 0 unspecified atom stereocenters. The van der Waals surface area contributed by atoms with E-state index in [-0.39, 0.29) is 12.4 Å². The van der Waals surface area contributed by atoms with Crippen LogP contribution in [0, 0.1) is 11.6 Å². The maximum atomic E-state index is 13.2. The van der Waals surface area contributed by atoms with E-state index in [1.165, 1.54) is 6.07 Å². The van der Waals surface area contributed by atoms with Gasteiger partial charge in [-0.2, -0.15) is 11.8 Å². The van der Waals surface area contributed by atoms with E-state index < -0.39 is 11.6 Å². The molecule has 0 aliphatic heterocycles. The van der Waals surface area contributed by atoms with Gasteiger partial charge in [0.15, 0.2) is 11.6 Å². The molecule has 0 heterocycles. The number of rotatable bonds is 7. The topological polar surface area (TPSA) is 12.0 Å². The lowest BCUT2D eigenvalue weighted by Crippen LogP contribution is -2.17. The predicted molar refractivity (Wildman–Crippen MR) is 72.8 cm³/mol. The van der Waals surface area contributed by atoms with Crippen molar-refractivity contribution in [3.05, 3.63) is 48.1 Å². The van der Waals surface area contributed by atoms with E-state index in [0.717, 1.165) is 24.1 Å². The third-order valence-electron chi connectivity index (χ3n) is 2.01. The first-order chi connectivity index (χ1) is 7.75. The Morgan fingerprint density at radius 3 is 2.82 bits per heavy atom. The Bertz CT molecular complexity index is 347. The average Bonchev–Trinajstić information content (AvgIpc) is 2.29. The zero-order valence-electron chi connectivity index (χ0n) is 9.42. The molecule has 0 atom stereocenters. The third kappa shape index (κ3) is 6.05. The van der Waals surface area contributed by atoms with Crippen LogP contribution in [0.25, 0.3) is 0 Å². The summed E-state index contributed by atoms with van der Waals surface area (Å²) in [4.78, 5) is 0. The van der Waals surface area contributed by atoms with Gasteiger partial charge in [0.05, 0.1) is 0 Å². The van der Waals surface area contributed by atoms with Crippen LogP contribution in [0.1, 0.15) is 5.56 Å². The molecule has 0 aromatic heterocycles. The van der Waals surface area contributed by atoms with Gasteiger partial charge < -0.3 is 5.32 Å². The molecular weight excluding hydrogens is 264 g/mol. The summed E-state index contributed by atoms with van der Waals surface area (Å²) in [5.41, 5.74) is 0.369. The maximum Gasteiger partial charge on any atom is 0.163 e. The van der Waals surface area contributed by atoms with Gasteiger partial charge in [-0.25, -0.2) is 8.78 Å². The van der Waals surface area contributed by atoms with Gasteiger partial charge in [-0.3, -0.25) is 0 Å². The molecule has 0 spiro atoms. The first-order valence-corrected chi connectivity index (χ1v) is 6.23. The third-order valence-corrected chi connectivity index (χ3v) is 2.97. The van der Waals surface area contributed by atoms with Crippen LogP contribution >= 0.6 is 24.2 Å². The van der Waals surface area contributed by atoms with Gasteiger partial charge in [-0.1, -0.05) is 18.2 Å². The van der Waals surface area contributed by atoms with Crippen molar-refractivity contribution in [3.8, 4) is 0 Å². The first-order valence-electron chi connectivity index (χ1n) is 5.08. The molecule has 0 bridgehead atoms. The average molecular weight is 280 g/mol. The minimum absolute atomic E-state index is 0. The molecule has 0 amide bonds. The minimum atomic E-state index is -0.791. The van der Waals surface area contributed by atoms with Gasteiger partial charge in [0.1, 0.15) is 0 Å². The van der Waals surface area contributed by atoms with Crippen LogP contribution in [-0.2, 0) is 6.54 Å². The molecule has 0 saturated carbocycles. The van der Waals surface area contributed by atoms with E-state index in [0.29, 0.717) is 12.1 Å². The Labute approximate surface area is 111 Å². The molecule has 1 aromatic carbocycles. The second-order valence-corrected chi connectivity index (χ2v) is 4.40. The molecule has 0 saturated heterocycles. The highest BCUT2D eigenvalue weighted by molar-refractivity contribution is 7.99. The van der Waals surface area contributed by atoms with Gasteiger partial charge >= 0.3 is 0 Å². The zero-order valence-corrected chi connectivity index (χ0v) is 11.1. The fraction of sp³-hybridized carbons (Fsp3) is 0.333. The number of hydrogen-bond acceptors (Lipinski definition) is 2. The lowest BCUT2D eigenvalue weighted by Gasteiger charge is -2.05. The summed E-state index contributed by atoms with van der Waals surface area (Å²) in [7, 11) is 0. The molecule has 96 valence electrons. The van der Waals surface area contributed by atoms with E-state index in [9.17, 15) is 8.78 Å². The van der Waals surface area contributed by atoms with Crippen molar-refractivity contribution in [3.63, 3.8) is 0 Å². The maximum absolute atomic E-state index is 13.2. The standard InChI is InChI=1S/C12H15F2NS.ClH/c1-2-7-16-8-6-15-9-10-4-3-5-11(13)12(10)14;/h2-5,15H,1,6-9H2;1H. The Morgan fingerprint density at radius 1 is 1.35 bits per heavy atom. The van der Waals surface area contributed by atoms with Crippen LogP contribution < -0.4 is 5.32 Å². The molecule has 1 nitrogen and oxygen atoms in total. The number of nitrogens with one attached hydrogen (secondary N) is 1. The molecule has 17 heavy (non-hydrogen) atoms. The summed E-state index contributed by atoms with van der Waals surface area (Å²) >= 11 is 1.75. The summed E-state index contributed by atoms with van der Waals surface area (Å²) in [6, 6.07) is 4.23. The van der Waals surface area contributed by atoms with Crippen molar-refractivity contribution >= 4 is 24.2 Å². The van der Waals surface area contributed by atoms with Crippen molar-refractivity contribution < 1.29 is 8.78 Å². The van der Waals surface area contributed by atoms with Crippen molar-refractivity contribution in [2.24, 2.45) is 0 Å². The Morgan fingerprint density at radius 2 is 2.12 bits per heavy atom. The Kier molecular flexibility index (Phi) is 9.13. The van der Waals surface area contributed by atoms with Gasteiger partial charge in [-0.15, -0.1) is 19.0 Å². The number of halogens is 3. The molecule has 0 aliphatic carbocycles. The normalized spacial score (nSPS) is 9.76. The summed E-state index contributed by atoms with van der Waals surface area (Å²) in [5.74, 6) is 0.299. The van der Waals surface area contributed by atoms with Crippen LogP contribution in [0.5, 0.6) is 0 Å². The SMILES string of the molecule is C=CCSCCNCc1cccc(F)c1F.Cl. The molecular formula is C12H16ClF2NS. The summed E-state index contributed by atoms with van der Waals surface area (Å²) in [6.07, 6.45) is 1.84. The van der Waals surface area contributed by atoms with Crippen LogP contribution in [0.4, 0.5) is 8.78 Å². The van der Waals surface area contributed by atoms with Gasteiger partial charge in [0.2, 0.25) is 0 Å². The van der Waals surface area contributed by atoms with Crippen LogP contribution in [0.2, 0.25) is 0 Å². The van der Waals surface area contributed by atoms with Gasteiger partial charge in [-0.05, 0) is 6.07 Å². The van der Waals surface area contributed by atoms with E-state index in [1.54, 1.807) is 17.8 Å². The lowest BCUT2D eigenvalue weighted by atomic mass is 10.2. The van der Waals surface area contributed by atoms with E-state index in [4.69, 9.17) is 0 Å². The molecule has 0 radical (unpaired) electrons. The first kappa shape index (κ1) is 16.4. The van der Waals surface area contributed by atoms with Crippen LogP contribution in [0.15, 0.2) is 30.9 Å². The van der Waals surface area contributed by atoms with Crippen molar-refractivity contribution in [1.82, 2.24) is 5.32 Å². The summed E-state index contributed by atoms with van der Waals surface area (Å²) in [5, 5.41) is 3.07. The van der Waals surface area contributed by atoms with Crippen LogP contribution in [-0.4, -0.2) is 18.1 Å². The molecule has 5 heteroatoms. The molecule has 1 rings (SSSR count). The lowest BCUT2D eigenvalue weighted by molar-refractivity contribution is 0.494. The van der Waals surface area contributed by atoms with E-state index in [1.807, 2.05) is 6.08 Å². The van der Waals surface area contributed by atoms with Crippen LogP contribution in [0.3, 0.4) is 0 Å². The smallest absolute Gasteiger partial charge is 0.163 e. The van der Waals surface area contributed by atoms with E-state index >= 15 is 0 Å². The molecule has 1 N–H and O–H groups in total. The largest absolute Gasteiger partial charge is 0.312 e. The highest BCUT2D eigenvalue weighted by Gasteiger charge is 2.06. The Hall–Kier alpha value is -0.580. The second-order valence-electron chi connectivity index (χ2n) is 3.25. The fourth-order valence-corrected chi connectivity index (χ4v) is 1.84. The highest BCUT2D eigenvalue weighted by Crippen LogP contribution is 2.10. The molecule has 0 aliphatic rings. The Balaban J connectivity index is 0.00000256. The van der Waals surface area contributed by atoms with E-state index in [2.05, 4.69) is 11.9 Å². The predicted octanol–water partition coefficient (Wildman–Crippen LogP) is 3.40. The van der Waals surface area contributed by atoms with Gasteiger partial charge in [0, 0.05) is 30.2 Å². The minimum Gasteiger partial charge on any atom is -0.312 e. The number of thioether (sulfide) groups is 1. The van der Waals surface area contributed by atoms with Crippen molar-refractivity contribution in [1.29, 1.82) is 0 Å². The highest BCUT2D eigenvalue weighted by atomic mass is 35.5. The fourth-order valence-electron chi connectivity index (χ4n) is 1.22. The zero-order chi connectivity index (χ0) is 11.8. The quantitative estimate of drug-likeness (QED) is 0.606. The summed E-state index contributed by atoms with van der Waals surface area (Å²) in [6.45, 7) is 4.75. The summed E-state index contributed by atoms with van der Waals surface area (Å²) < 4.78 is 26.0. The molecule has 0 fully saturated rings. The monoisotopic (exact) mass is 279 g/mol. The number of benzene rings is 1. The van der Waals surface area contributed by atoms with Gasteiger partial charge in [0.25, 0.3) is 0 Å².